The maximum atomic E-state index is 12.3. The molecule has 0 bridgehead atoms. The molecule has 8 heteroatoms. The zero-order chi connectivity index (χ0) is 18.4. The molecule has 0 aromatic carbocycles. The first-order chi connectivity index (χ1) is 12.0. The van der Waals surface area contributed by atoms with E-state index in [0.29, 0.717) is 0 Å². The Morgan fingerprint density at radius 1 is 1.36 bits per heavy atom. The third-order valence-corrected chi connectivity index (χ3v) is 6.21. The Balaban J connectivity index is 2.04. The zero-order valence-corrected chi connectivity index (χ0v) is 16.5. The summed E-state index contributed by atoms with van der Waals surface area (Å²) < 4.78 is 4.79. The Labute approximate surface area is 155 Å². The molecule has 0 spiro atoms. The highest BCUT2D eigenvalue weighted by Gasteiger charge is 2.26. The van der Waals surface area contributed by atoms with Crippen molar-refractivity contribution in [1.29, 1.82) is 0 Å². The number of amides is 1. The number of carbonyl (C=O) groups is 2. The molecule has 0 saturated carbocycles. The zero-order valence-electron chi connectivity index (χ0n) is 14.9. The minimum atomic E-state index is -0.624. The van der Waals surface area contributed by atoms with Crippen LogP contribution in [0.15, 0.2) is 17.4 Å². The molecule has 0 aliphatic rings. The van der Waals surface area contributed by atoms with Crippen LogP contribution in [-0.4, -0.2) is 40.7 Å². The number of hydrogen-bond acceptors (Lipinski definition) is 7. The second-order valence-electron chi connectivity index (χ2n) is 5.71. The third kappa shape index (κ3) is 4.92. The van der Waals surface area contributed by atoms with Gasteiger partial charge in [-0.05, 0) is 18.4 Å². The maximum Gasteiger partial charge on any atom is 0.328 e. The molecule has 0 fully saturated rings. The van der Waals surface area contributed by atoms with Gasteiger partial charge in [0.05, 0.1) is 12.9 Å². The molecule has 2 heterocycles. The van der Waals surface area contributed by atoms with Gasteiger partial charge in [-0.2, -0.15) is 0 Å². The summed E-state index contributed by atoms with van der Waals surface area (Å²) in [7, 11) is 1.33. The number of thiophene rings is 1. The van der Waals surface area contributed by atoms with Gasteiger partial charge in [-0.15, -0.1) is 11.3 Å². The first kappa shape index (κ1) is 19.7. The predicted octanol–water partition coefficient (Wildman–Crippen LogP) is 3.05. The second kappa shape index (κ2) is 9.15. The molecule has 25 heavy (non-hydrogen) atoms. The van der Waals surface area contributed by atoms with Crippen LogP contribution in [-0.2, 0) is 20.7 Å². The van der Waals surface area contributed by atoms with Gasteiger partial charge in [-0.3, -0.25) is 4.79 Å². The van der Waals surface area contributed by atoms with Gasteiger partial charge in [0.2, 0.25) is 5.91 Å². The standard InChI is InChI=1S/C17H23N3O3S2/c1-5-10(3)14(17(22)23-4)20-13(21)8-24-15-12-7-11(6-2)25-16(12)19-9-18-15/h7,9-10,14H,5-6,8H2,1-4H3,(H,20,21)/t10-,14+/m0/s1. The number of nitrogens with zero attached hydrogens (tertiary/aromatic N) is 2. The molecule has 0 unspecified atom stereocenters. The first-order valence-electron chi connectivity index (χ1n) is 8.23. The summed E-state index contributed by atoms with van der Waals surface area (Å²) in [5.74, 6) is -0.426. The van der Waals surface area contributed by atoms with Crippen LogP contribution in [0.1, 0.15) is 32.1 Å². The Hall–Kier alpha value is -1.67. The van der Waals surface area contributed by atoms with E-state index in [0.717, 1.165) is 28.1 Å². The second-order valence-corrected chi connectivity index (χ2v) is 7.79. The highest BCUT2D eigenvalue weighted by atomic mass is 32.2. The van der Waals surface area contributed by atoms with Gasteiger partial charge in [0.1, 0.15) is 22.2 Å². The molecular formula is C17H23N3O3S2. The Kier molecular flexibility index (Phi) is 7.19. The molecular weight excluding hydrogens is 358 g/mol. The van der Waals surface area contributed by atoms with Crippen molar-refractivity contribution < 1.29 is 14.3 Å². The number of ether oxygens (including phenoxy) is 1. The predicted molar refractivity (Wildman–Crippen MR) is 101 cm³/mol. The van der Waals surface area contributed by atoms with E-state index >= 15 is 0 Å². The van der Waals surface area contributed by atoms with Crippen molar-refractivity contribution in [2.24, 2.45) is 5.92 Å². The normalized spacial score (nSPS) is 13.4. The highest BCUT2D eigenvalue weighted by molar-refractivity contribution is 8.00. The molecule has 0 aliphatic carbocycles. The molecule has 2 aromatic rings. The quantitative estimate of drug-likeness (QED) is 0.430. The lowest BCUT2D eigenvalue weighted by molar-refractivity contribution is -0.146. The Morgan fingerprint density at radius 2 is 2.12 bits per heavy atom. The van der Waals surface area contributed by atoms with Crippen molar-refractivity contribution in [3.05, 3.63) is 17.3 Å². The summed E-state index contributed by atoms with van der Waals surface area (Å²) in [5, 5.41) is 4.54. The number of esters is 1. The SMILES string of the molecule is CCc1cc2c(SCC(=O)N[C@@H](C(=O)OC)[C@@H](C)CC)ncnc2s1. The number of aryl methyl sites for hydroxylation is 1. The monoisotopic (exact) mass is 381 g/mol. The molecule has 1 N–H and O–H groups in total. The summed E-state index contributed by atoms with van der Waals surface area (Å²) in [4.78, 5) is 34.9. The van der Waals surface area contributed by atoms with Gasteiger partial charge < -0.3 is 10.1 Å². The fraction of sp³-hybridized carbons (Fsp3) is 0.529. The van der Waals surface area contributed by atoms with E-state index in [1.54, 1.807) is 11.3 Å². The van der Waals surface area contributed by atoms with Gasteiger partial charge in [0, 0.05) is 10.3 Å². The van der Waals surface area contributed by atoms with E-state index in [2.05, 4.69) is 28.3 Å². The largest absolute Gasteiger partial charge is 0.467 e. The molecule has 2 atom stereocenters. The van der Waals surface area contributed by atoms with E-state index < -0.39 is 12.0 Å². The van der Waals surface area contributed by atoms with Gasteiger partial charge in [-0.25, -0.2) is 14.8 Å². The minimum Gasteiger partial charge on any atom is -0.467 e. The first-order valence-corrected chi connectivity index (χ1v) is 10.0. The fourth-order valence-corrected chi connectivity index (χ4v) is 4.10. The molecule has 136 valence electrons. The number of aromatic nitrogens is 2. The lowest BCUT2D eigenvalue weighted by atomic mass is 9.99. The highest BCUT2D eigenvalue weighted by Crippen LogP contribution is 2.30. The van der Waals surface area contributed by atoms with E-state index in [9.17, 15) is 9.59 Å². The summed E-state index contributed by atoms with van der Waals surface area (Å²) >= 11 is 3.00. The number of carbonyl (C=O) groups excluding carboxylic acids is 2. The van der Waals surface area contributed by atoms with Crippen molar-refractivity contribution in [3.63, 3.8) is 0 Å². The topological polar surface area (TPSA) is 81.2 Å². The van der Waals surface area contributed by atoms with Gasteiger partial charge in [0.25, 0.3) is 0 Å². The molecule has 0 radical (unpaired) electrons. The number of rotatable bonds is 8. The van der Waals surface area contributed by atoms with Crippen LogP contribution in [0, 0.1) is 5.92 Å². The van der Waals surface area contributed by atoms with Crippen LogP contribution >= 0.6 is 23.1 Å². The van der Waals surface area contributed by atoms with Crippen LogP contribution in [0.3, 0.4) is 0 Å². The van der Waals surface area contributed by atoms with E-state index in [1.807, 2.05) is 13.8 Å². The van der Waals surface area contributed by atoms with Crippen LogP contribution in [0.2, 0.25) is 0 Å². The Morgan fingerprint density at radius 3 is 2.76 bits per heavy atom. The van der Waals surface area contributed by atoms with Gasteiger partial charge >= 0.3 is 5.97 Å². The Bertz CT molecular complexity index is 748. The lowest BCUT2D eigenvalue weighted by Gasteiger charge is -2.21. The van der Waals surface area contributed by atoms with E-state index in [4.69, 9.17) is 4.74 Å². The number of thioether (sulfide) groups is 1. The molecule has 0 saturated heterocycles. The number of nitrogens with one attached hydrogen (secondary N) is 1. The number of methoxy groups -OCH3 is 1. The summed E-state index contributed by atoms with van der Waals surface area (Å²) in [6.07, 6.45) is 3.24. The molecule has 2 rings (SSSR count). The van der Waals surface area contributed by atoms with Crippen molar-refractivity contribution in [2.45, 2.75) is 44.7 Å². The lowest BCUT2D eigenvalue weighted by Crippen LogP contribution is -2.46. The minimum absolute atomic E-state index is 0.0103. The molecule has 6 nitrogen and oxygen atoms in total. The van der Waals surface area contributed by atoms with Crippen molar-refractivity contribution in [2.75, 3.05) is 12.9 Å². The average Bonchev–Trinajstić information content (AvgIpc) is 3.07. The molecule has 0 aliphatic heterocycles. The number of hydrogen-bond donors (Lipinski definition) is 1. The van der Waals surface area contributed by atoms with Crippen LogP contribution in [0.5, 0.6) is 0 Å². The van der Waals surface area contributed by atoms with Crippen molar-refractivity contribution in [1.82, 2.24) is 15.3 Å². The fourth-order valence-electron chi connectivity index (χ4n) is 2.32. The maximum absolute atomic E-state index is 12.3. The van der Waals surface area contributed by atoms with Gasteiger partial charge in [-0.1, -0.05) is 39.0 Å². The summed E-state index contributed by atoms with van der Waals surface area (Å²) in [6, 6.07) is 1.46. The van der Waals surface area contributed by atoms with Crippen molar-refractivity contribution in [3.8, 4) is 0 Å². The van der Waals surface area contributed by atoms with Crippen LogP contribution in [0.4, 0.5) is 0 Å². The summed E-state index contributed by atoms with van der Waals surface area (Å²) in [5.41, 5.74) is 0. The van der Waals surface area contributed by atoms with Gasteiger partial charge in [0.15, 0.2) is 0 Å². The molecule has 2 aromatic heterocycles. The summed E-state index contributed by atoms with van der Waals surface area (Å²) in [6.45, 7) is 5.99. The number of fused-ring (bicyclic) bond motifs is 1. The van der Waals surface area contributed by atoms with Crippen LogP contribution in [0.25, 0.3) is 10.2 Å². The van der Waals surface area contributed by atoms with E-state index in [1.165, 1.54) is 30.1 Å². The van der Waals surface area contributed by atoms with Crippen LogP contribution < -0.4 is 5.32 Å². The van der Waals surface area contributed by atoms with E-state index in [-0.39, 0.29) is 17.6 Å². The average molecular weight is 382 g/mol. The smallest absolute Gasteiger partial charge is 0.328 e. The molecule has 1 amide bonds. The third-order valence-electron chi connectivity index (χ3n) is 4.02. The van der Waals surface area contributed by atoms with Crippen molar-refractivity contribution >= 4 is 45.2 Å².